The number of halogens is 2. The molecule has 0 radical (unpaired) electrons. The number of methoxy groups -OCH3 is 1. The van der Waals surface area contributed by atoms with Crippen molar-refractivity contribution in [3.05, 3.63) is 34.9 Å². The summed E-state index contributed by atoms with van der Waals surface area (Å²) in [6.45, 7) is 5.68. The predicted octanol–water partition coefficient (Wildman–Crippen LogP) is 3.44. The van der Waals surface area contributed by atoms with E-state index in [1.54, 1.807) is 12.1 Å². The van der Waals surface area contributed by atoms with Crippen molar-refractivity contribution >= 4 is 24.0 Å². The van der Waals surface area contributed by atoms with Gasteiger partial charge in [-0.25, -0.2) is 0 Å². The van der Waals surface area contributed by atoms with Crippen molar-refractivity contribution in [1.82, 2.24) is 0 Å². The lowest BCUT2D eigenvalue weighted by atomic mass is 9.99. The molecule has 0 heterocycles. The molecule has 0 amide bonds. The van der Waals surface area contributed by atoms with Crippen LogP contribution >= 0.6 is 24.0 Å². The molecule has 5 heteroatoms. The summed E-state index contributed by atoms with van der Waals surface area (Å²) in [6, 6.07) is 2.90. The van der Waals surface area contributed by atoms with Gasteiger partial charge in [0.15, 0.2) is 0 Å². The first-order chi connectivity index (χ1) is 7.47. The summed E-state index contributed by atoms with van der Waals surface area (Å²) >= 11 is 5.84. The summed E-state index contributed by atoms with van der Waals surface area (Å²) in [5.41, 5.74) is 7.45. The first kappa shape index (κ1) is 16.1. The Balaban J connectivity index is 0.00000256. The van der Waals surface area contributed by atoms with Crippen LogP contribution in [0.5, 0.6) is 11.5 Å². The largest absolute Gasteiger partial charge is 0.506 e. The number of nitrogens with two attached hydrogens (primary N) is 1. The Hall–Kier alpha value is -0.900. The maximum atomic E-state index is 9.87. The number of rotatable bonds is 4. The van der Waals surface area contributed by atoms with E-state index in [0.29, 0.717) is 17.7 Å². The van der Waals surface area contributed by atoms with Gasteiger partial charge in [0.2, 0.25) is 0 Å². The Labute approximate surface area is 113 Å². The van der Waals surface area contributed by atoms with Gasteiger partial charge in [-0.05, 0) is 25.5 Å². The molecule has 0 aliphatic carbocycles. The van der Waals surface area contributed by atoms with Crippen LogP contribution in [0.4, 0.5) is 0 Å². The highest BCUT2D eigenvalue weighted by Crippen LogP contribution is 2.39. The summed E-state index contributed by atoms with van der Waals surface area (Å²) in [5.74, 6) is 0.519. The highest BCUT2D eigenvalue weighted by molar-refractivity contribution is 6.32. The van der Waals surface area contributed by atoms with Crippen LogP contribution in [0.2, 0.25) is 5.02 Å². The molecular formula is C12H17Cl2NO2. The molecule has 0 fully saturated rings. The highest BCUT2D eigenvalue weighted by Gasteiger charge is 2.18. The molecular weight excluding hydrogens is 261 g/mol. The van der Waals surface area contributed by atoms with Gasteiger partial charge in [-0.3, -0.25) is 0 Å². The van der Waals surface area contributed by atoms with E-state index in [2.05, 4.69) is 6.58 Å². The molecule has 1 aromatic rings. The van der Waals surface area contributed by atoms with Gasteiger partial charge in [-0.1, -0.05) is 17.2 Å². The Morgan fingerprint density at radius 3 is 2.65 bits per heavy atom. The fraction of sp³-hybridized carbons (Fsp3) is 0.333. The summed E-state index contributed by atoms with van der Waals surface area (Å²) in [6.07, 6.45) is 0.574. The predicted molar refractivity (Wildman–Crippen MR) is 73.3 cm³/mol. The third-order valence-corrected chi connectivity index (χ3v) is 2.59. The Kier molecular flexibility index (Phi) is 6.39. The second-order valence-corrected chi connectivity index (χ2v) is 4.19. The number of phenolic OH excluding ortho intramolecular Hbond substituents is 1. The molecule has 0 spiro atoms. The zero-order chi connectivity index (χ0) is 12.3. The molecule has 3 nitrogen and oxygen atoms in total. The molecule has 17 heavy (non-hydrogen) atoms. The fourth-order valence-electron chi connectivity index (χ4n) is 1.58. The van der Waals surface area contributed by atoms with Gasteiger partial charge >= 0.3 is 0 Å². The van der Waals surface area contributed by atoms with Gasteiger partial charge in [0, 0.05) is 6.04 Å². The van der Waals surface area contributed by atoms with Crippen molar-refractivity contribution in [2.45, 2.75) is 19.4 Å². The highest BCUT2D eigenvalue weighted by atomic mass is 35.5. The van der Waals surface area contributed by atoms with Crippen LogP contribution in [0, 0.1) is 0 Å². The monoisotopic (exact) mass is 277 g/mol. The van der Waals surface area contributed by atoms with Gasteiger partial charge in [0.25, 0.3) is 0 Å². The van der Waals surface area contributed by atoms with Crippen molar-refractivity contribution < 1.29 is 9.84 Å². The van der Waals surface area contributed by atoms with E-state index in [9.17, 15) is 5.11 Å². The molecule has 0 saturated heterocycles. The van der Waals surface area contributed by atoms with Gasteiger partial charge in [0.05, 0.1) is 17.7 Å². The SMILES string of the molecule is C=C(C)C[C@H](N)c1c(OC)ccc(Cl)c1O.Cl. The van der Waals surface area contributed by atoms with E-state index in [-0.39, 0.29) is 29.2 Å². The Bertz CT molecular complexity index is 408. The molecule has 96 valence electrons. The van der Waals surface area contributed by atoms with Crippen molar-refractivity contribution in [1.29, 1.82) is 0 Å². The van der Waals surface area contributed by atoms with Crippen LogP contribution < -0.4 is 10.5 Å². The summed E-state index contributed by atoms with van der Waals surface area (Å²) in [4.78, 5) is 0. The van der Waals surface area contributed by atoms with E-state index >= 15 is 0 Å². The standard InChI is InChI=1S/C12H16ClNO2.ClH/c1-7(2)6-9(14)11-10(16-3)5-4-8(13)12(11)15;/h4-5,9,15H,1,6,14H2,2-3H3;1H/t9-;/m0./s1. The van der Waals surface area contributed by atoms with Crippen molar-refractivity contribution in [2.24, 2.45) is 5.73 Å². The minimum Gasteiger partial charge on any atom is -0.506 e. The van der Waals surface area contributed by atoms with Crippen LogP contribution in [-0.4, -0.2) is 12.2 Å². The molecule has 1 aromatic carbocycles. The molecule has 0 bridgehead atoms. The molecule has 3 N–H and O–H groups in total. The van der Waals surface area contributed by atoms with E-state index in [1.807, 2.05) is 6.92 Å². The van der Waals surface area contributed by atoms with Crippen molar-refractivity contribution in [2.75, 3.05) is 7.11 Å². The summed E-state index contributed by atoms with van der Waals surface area (Å²) < 4.78 is 5.16. The lowest BCUT2D eigenvalue weighted by Crippen LogP contribution is -2.12. The molecule has 0 aliphatic rings. The number of aromatic hydroxyl groups is 1. The van der Waals surface area contributed by atoms with Crippen LogP contribution in [-0.2, 0) is 0 Å². The van der Waals surface area contributed by atoms with Crippen LogP contribution in [0.3, 0.4) is 0 Å². The second kappa shape index (κ2) is 6.74. The molecule has 0 saturated carbocycles. The third kappa shape index (κ3) is 3.80. The lowest BCUT2D eigenvalue weighted by Gasteiger charge is -2.17. The van der Waals surface area contributed by atoms with E-state index in [4.69, 9.17) is 22.1 Å². The molecule has 0 aliphatic heterocycles. The third-order valence-electron chi connectivity index (χ3n) is 2.29. The normalized spacial score (nSPS) is 11.5. The quantitative estimate of drug-likeness (QED) is 0.829. The average Bonchev–Trinajstić information content (AvgIpc) is 2.20. The van der Waals surface area contributed by atoms with E-state index in [1.165, 1.54) is 7.11 Å². The minimum atomic E-state index is -0.369. The summed E-state index contributed by atoms with van der Waals surface area (Å²) in [5, 5.41) is 10.1. The van der Waals surface area contributed by atoms with Crippen molar-refractivity contribution in [3.8, 4) is 11.5 Å². The fourth-order valence-corrected chi connectivity index (χ4v) is 1.74. The van der Waals surface area contributed by atoms with E-state index < -0.39 is 0 Å². The molecule has 0 unspecified atom stereocenters. The number of hydrogen-bond donors (Lipinski definition) is 2. The zero-order valence-electron chi connectivity index (χ0n) is 9.87. The second-order valence-electron chi connectivity index (χ2n) is 3.78. The van der Waals surface area contributed by atoms with Gasteiger partial charge in [-0.2, -0.15) is 0 Å². The maximum absolute atomic E-state index is 9.87. The first-order valence-corrected chi connectivity index (χ1v) is 5.30. The lowest BCUT2D eigenvalue weighted by molar-refractivity contribution is 0.393. The molecule has 1 rings (SSSR count). The maximum Gasteiger partial charge on any atom is 0.142 e. The average molecular weight is 278 g/mol. The van der Waals surface area contributed by atoms with Crippen LogP contribution in [0.1, 0.15) is 24.9 Å². The zero-order valence-corrected chi connectivity index (χ0v) is 11.4. The Morgan fingerprint density at radius 2 is 2.18 bits per heavy atom. The van der Waals surface area contributed by atoms with Gasteiger partial charge in [0.1, 0.15) is 11.5 Å². The van der Waals surface area contributed by atoms with Gasteiger partial charge < -0.3 is 15.6 Å². The first-order valence-electron chi connectivity index (χ1n) is 4.92. The van der Waals surface area contributed by atoms with Crippen LogP contribution in [0.15, 0.2) is 24.3 Å². The number of benzene rings is 1. The van der Waals surface area contributed by atoms with Crippen molar-refractivity contribution in [3.63, 3.8) is 0 Å². The molecule has 0 aromatic heterocycles. The smallest absolute Gasteiger partial charge is 0.142 e. The number of phenols is 1. The number of hydrogen-bond acceptors (Lipinski definition) is 3. The van der Waals surface area contributed by atoms with Crippen LogP contribution in [0.25, 0.3) is 0 Å². The number of ether oxygens (including phenoxy) is 1. The van der Waals surface area contributed by atoms with E-state index in [0.717, 1.165) is 5.57 Å². The van der Waals surface area contributed by atoms with Gasteiger partial charge in [-0.15, -0.1) is 19.0 Å². The molecule has 1 atom stereocenters. The summed E-state index contributed by atoms with van der Waals surface area (Å²) in [7, 11) is 1.53. The Morgan fingerprint density at radius 1 is 1.59 bits per heavy atom. The minimum absolute atomic E-state index is 0. The topological polar surface area (TPSA) is 55.5 Å².